The van der Waals surface area contributed by atoms with Crippen LogP contribution in [0.25, 0.3) is 0 Å². The maximum atomic E-state index is 11.6. The predicted octanol–water partition coefficient (Wildman–Crippen LogP) is 1.65. The molecule has 0 aliphatic rings. The summed E-state index contributed by atoms with van der Waals surface area (Å²) in [6, 6.07) is 7.72. The summed E-state index contributed by atoms with van der Waals surface area (Å²) in [6.45, 7) is 5.18. The molecule has 0 aromatic heterocycles. The zero-order valence-electron chi connectivity index (χ0n) is 11.6. The Bertz CT molecular complexity index is 374. The third-order valence-corrected chi connectivity index (χ3v) is 2.66. The molecule has 0 radical (unpaired) electrons. The zero-order chi connectivity index (χ0) is 13.5. The molecule has 0 bridgehead atoms. The molecule has 0 aliphatic carbocycles. The fourth-order valence-corrected chi connectivity index (χ4v) is 1.62. The van der Waals surface area contributed by atoms with E-state index in [1.54, 1.807) is 19.0 Å². The van der Waals surface area contributed by atoms with Gasteiger partial charge in [0.1, 0.15) is 5.75 Å². The van der Waals surface area contributed by atoms with E-state index in [4.69, 9.17) is 4.74 Å². The number of likely N-dealkylation sites (N-methyl/N-ethyl adjacent to an activating group) is 1. The van der Waals surface area contributed by atoms with Crippen molar-refractivity contribution in [3.63, 3.8) is 0 Å². The van der Waals surface area contributed by atoms with Gasteiger partial charge in [-0.1, -0.05) is 12.1 Å². The molecule has 0 heterocycles. The van der Waals surface area contributed by atoms with Gasteiger partial charge in [0.05, 0.1) is 12.6 Å². The van der Waals surface area contributed by atoms with Crippen LogP contribution < -0.4 is 10.1 Å². The normalized spacial score (nSPS) is 12.0. The van der Waals surface area contributed by atoms with E-state index in [0.29, 0.717) is 13.2 Å². The van der Waals surface area contributed by atoms with Gasteiger partial charge in [-0.25, -0.2) is 0 Å². The number of ether oxygens (including phenoxy) is 1. The van der Waals surface area contributed by atoms with Crippen LogP contribution in [0, 0.1) is 0 Å². The number of benzene rings is 1. The average Bonchev–Trinajstić information content (AvgIpc) is 2.37. The molecule has 1 N–H and O–H groups in total. The number of hydrogen-bond donors (Lipinski definition) is 1. The van der Waals surface area contributed by atoms with E-state index >= 15 is 0 Å². The third-order valence-electron chi connectivity index (χ3n) is 2.66. The van der Waals surface area contributed by atoms with Gasteiger partial charge in [-0.3, -0.25) is 4.79 Å². The summed E-state index contributed by atoms with van der Waals surface area (Å²) in [7, 11) is 3.52. The van der Waals surface area contributed by atoms with Crippen LogP contribution >= 0.6 is 0 Å². The first-order valence-electron chi connectivity index (χ1n) is 6.21. The van der Waals surface area contributed by atoms with Gasteiger partial charge in [0.25, 0.3) is 0 Å². The Kier molecular flexibility index (Phi) is 5.65. The topological polar surface area (TPSA) is 41.6 Å². The van der Waals surface area contributed by atoms with Gasteiger partial charge in [0, 0.05) is 20.6 Å². The second kappa shape index (κ2) is 7.01. The zero-order valence-corrected chi connectivity index (χ0v) is 11.6. The Labute approximate surface area is 109 Å². The fourth-order valence-electron chi connectivity index (χ4n) is 1.62. The standard InChI is InChI=1S/C14H22N2O2/c1-5-18-13-8-6-12(7-9-13)10-15-11(2)14(17)16(3)4/h6-9,11,15H,5,10H2,1-4H3. The molecular weight excluding hydrogens is 228 g/mol. The summed E-state index contributed by atoms with van der Waals surface area (Å²) in [6.07, 6.45) is 0. The summed E-state index contributed by atoms with van der Waals surface area (Å²) >= 11 is 0. The molecule has 4 nitrogen and oxygen atoms in total. The molecule has 100 valence electrons. The van der Waals surface area contributed by atoms with E-state index in [1.807, 2.05) is 38.1 Å². The molecule has 1 aromatic carbocycles. The van der Waals surface area contributed by atoms with Gasteiger partial charge in [0.15, 0.2) is 0 Å². The van der Waals surface area contributed by atoms with E-state index in [9.17, 15) is 4.79 Å². The minimum absolute atomic E-state index is 0.0842. The maximum absolute atomic E-state index is 11.6. The Balaban J connectivity index is 2.46. The Morgan fingerprint density at radius 2 is 1.94 bits per heavy atom. The first-order chi connectivity index (χ1) is 8.54. The number of amides is 1. The van der Waals surface area contributed by atoms with Crippen LogP contribution in [-0.4, -0.2) is 37.6 Å². The van der Waals surface area contributed by atoms with Crippen molar-refractivity contribution in [1.82, 2.24) is 10.2 Å². The summed E-state index contributed by atoms with van der Waals surface area (Å²) < 4.78 is 5.37. The summed E-state index contributed by atoms with van der Waals surface area (Å²) in [4.78, 5) is 13.2. The van der Waals surface area contributed by atoms with Crippen molar-refractivity contribution in [2.24, 2.45) is 0 Å². The number of nitrogens with zero attached hydrogens (tertiary/aromatic N) is 1. The van der Waals surface area contributed by atoms with Crippen molar-refractivity contribution in [1.29, 1.82) is 0 Å². The Hall–Kier alpha value is -1.55. The Morgan fingerprint density at radius 1 is 1.33 bits per heavy atom. The van der Waals surface area contributed by atoms with Gasteiger partial charge in [-0.15, -0.1) is 0 Å². The quantitative estimate of drug-likeness (QED) is 0.834. The van der Waals surface area contributed by atoms with Crippen molar-refractivity contribution in [2.45, 2.75) is 26.4 Å². The molecule has 0 aliphatic heterocycles. The van der Waals surface area contributed by atoms with E-state index in [-0.39, 0.29) is 11.9 Å². The van der Waals surface area contributed by atoms with Crippen molar-refractivity contribution < 1.29 is 9.53 Å². The first kappa shape index (κ1) is 14.5. The lowest BCUT2D eigenvalue weighted by atomic mass is 10.2. The van der Waals surface area contributed by atoms with Crippen LogP contribution in [0.1, 0.15) is 19.4 Å². The molecule has 1 atom stereocenters. The molecule has 4 heteroatoms. The van der Waals surface area contributed by atoms with Crippen LogP contribution in [0.15, 0.2) is 24.3 Å². The molecular formula is C14H22N2O2. The lowest BCUT2D eigenvalue weighted by Crippen LogP contribution is -2.41. The molecule has 1 aromatic rings. The minimum atomic E-state index is -0.174. The van der Waals surface area contributed by atoms with Crippen molar-refractivity contribution in [3.05, 3.63) is 29.8 Å². The number of carbonyl (C=O) groups excluding carboxylic acids is 1. The number of nitrogens with one attached hydrogen (secondary N) is 1. The molecule has 18 heavy (non-hydrogen) atoms. The van der Waals surface area contributed by atoms with Crippen LogP contribution in [0.4, 0.5) is 0 Å². The smallest absolute Gasteiger partial charge is 0.238 e. The van der Waals surface area contributed by atoms with Gasteiger partial charge in [0.2, 0.25) is 5.91 Å². The van der Waals surface area contributed by atoms with Crippen molar-refractivity contribution in [2.75, 3.05) is 20.7 Å². The first-order valence-corrected chi connectivity index (χ1v) is 6.21. The minimum Gasteiger partial charge on any atom is -0.494 e. The number of rotatable bonds is 6. The lowest BCUT2D eigenvalue weighted by molar-refractivity contribution is -0.130. The van der Waals surface area contributed by atoms with E-state index in [2.05, 4.69) is 5.32 Å². The van der Waals surface area contributed by atoms with Gasteiger partial charge in [-0.05, 0) is 31.5 Å². The SMILES string of the molecule is CCOc1ccc(CNC(C)C(=O)N(C)C)cc1. The molecule has 0 spiro atoms. The molecule has 0 fully saturated rings. The highest BCUT2D eigenvalue weighted by molar-refractivity contribution is 5.80. The maximum Gasteiger partial charge on any atom is 0.238 e. The van der Waals surface area contributed by atoms with E-state index in [0.717, 1.165) is 11.3 Å². The predicted molar refractivity (Wildman–Crippen MR) is 72.6 cm³/mol. The highest BCUT2D eigenvalue weighted by Gasteiger charge is 2.13. The van der Waals surface area contributed by atoms with E-state index < -0.39 is 0 Å². The fraction of sp³-hybridized carbons (Fsp3) is 0.500. The van der Waals surface area contributed by atoms with Gasteiger partial charge >= 0.3 is 0 Å². The second-order valence-corrected chi connectivity index (χ2v) is 4.41. The number of carbonyl (C=O) groups is 1. The summed E-state index contributed by atoms with van der Waals surface area (Å²) in [5.74, 6) is 0.958. The van der Waals surface area contributed by atoms with Gasteiger partial charge in [-0.2, -0.15) is 0 Å². The second-order valence-electron chi connectivity index (χ2n) is 4.41. The summed E-state index contributed by atoms with van der Waals surface area (Å²) in [5.41, 5.74) is 1.14. The van der Waals surface area contributed by atoms with Gasteiger partial charge < -0.3 is 15.0 Å². The molecule has 0 saturated carbocycles. The highest BCUT2D eigenvalue weighted by Crippen LogP contribution is 2.11. The van der Waals surface area contributed by atoms with Crippen LogP contribution in [-0.2, 0) is 11.3 Å². The largest absolute Gasteiger partial charge is 0.494 e. The molecule has 1 unspecified atom stereocenters. The number of hydrogen-bond acceptors (Lipinski definition) is 3. The third kappa shape index (κ3) is 4.37. The molecule has 0 saturated heterocycles. The van der Waals surface area contributed by atoms with Crippen LogP contribution in [0.5, 0.6) is 5.75 Å². The van der Waals surface area contributed by atoms with Crippen LogP contribution in [0.3, 0.4) is 0 Å². The highest BCUT2D eigenvalue weighted by atomic mass is 16.5. The average molecular weight is 250 g/mol. The monoisotopic (exact) mass is 250 g/mol. The molecule has 1 rings (SSSR count). The lowest BCUT2D eigenvalue weighted by Gasteiger charge is -2.18. The summed E-state index contributed by atoms with van der Waals surface area (Å²) in [5, 5.41) is 3.20. The Morgan fingerprint density at radius 3 is 2.44 bits per heavy atom. The van der Waals surface area contributed by atoms with E-state index in [1.165, 1.54) is 0 Å². The van der Waals surface area contributed by atoms with Crippen molar-refractivity contribution >= 4 is 5.91 Å². The molecule has 1 amide bonds. The van der Waals surface area contributed by atoms with Crippen LogP contribution in [0.2, 0.25) is 0 Å². The van der Waals surface area contributed by atoms with Crippen molar-refractivity contribution in [3.8, 4) is 5.75 Å².